The molecule has 0 atom stereocenters. The number of anilines is 1. The molecule has 90 valence electrons. The van der Waals surface area contributed by atoms with E-state index in [-0.39, 0.29) is 0 Å². The van der Waals surface area contributed by atoms with Gasteiger partial charge in [0.15, 0.2) is 0 Å². The van der Waals surface area contributed by atoms with Crippen LogP contribution in [0, 0.1) is 0 Å². The fraction of sp³-hybridized carbons (Fsp3) is 0.727. The molecule has 2 rings (SSSR count). The van der Waals surface area contributed by atoms with E-state index >= 15 is 0 Å². The van der Waals surface area contributed by atoms with Crippen molar-refractivity contribution in [1.82, 2.24) is 19.8 Å². The lowest BCUT2D eigenvalue weighted by Crippen LogP contribution is -2.42. The van der Waals surface area contributed by atoms with E-state index in [1.165, 1.54) is 0 Å². The third-order valence-electron chi connectivity index (χ3n) is 2.96. The molecule has 1 aromatic rings. The van der Waals surface area contributed by atoms with Crippen molar-refractivity contribution in [3.63, 3.8) is 0 Å². The standard InChI is InChI=1S/C11H21N5/c1-9(2)16-8-10(14-11(16)12)7-15-5-3-13-4-6-15/h8-9,13H,3-7H2,1-2H3,(H2,12,14). The molecule has 0 amide bonds. The molecule has 3 N–H and O–H groups in total. The quantitative estimate of drug-likeness (QED) is 0.781. The Hall–Kier alpha value is -1.07. The number of aromatic nitrogens is 2. The van der Waals surface area contributed by atoms with Gasteiger partial charge in [0.2, 0.25) is 5.95 Å². The molecule has 0 spiro atoms. The summed E-state index contributed by atoms with van der Waals surface area (Å²) in [5.74, 6) is 0.625. The Kier molecular flexibility index (Phi) is 3.46. The summed E-state index contributed by atoms with van der Waals surface area (Å²) in [6.07, 6.45) is 2.07. The van der Waals surface area contributed by atoms with E-state index in [0.29, 0.717) is 12.0 Å². The van der Waals surface area contributed by atoms with Gasteiger partial charge < -0.3 is 15.6 Å². The molecule has 2 heterocycles. The van der Waals surface area contributed by atoms with Crippen LogP contribution in [0.1, 0.15) is 25.6 Å². The highest BCUT2D eigenvalue weighted by Crippen LogP contribution is 2.14. The number of piperazine rings is 1. The number of nitrogen functional groups attached to an aromatic ring is 1. The highest BCUT2D eigenvalue weighted by atomic mass is 15.2. The predicted octanol–water partition coefficient (Wildman–Crippen LogP) is 0.451. The number of hydrogen-bond donors (Lipinski definition) is 2. The topological polar surface area (TPSA) is 59.1 Å². The average molecular weight is 223 g/mol. The lowest BCUT2D eigenvalue weighted by Gasteiger charge is -2.26. The minimum Gasteiger partial charge on any atom is -0.369 e. The van der Waals surface area contributed by atoms with E-state index in [4.69, 9.17) is 5.73 Å². The van der Waals surface area contributed by atoms with Crippen molar-refractivity contribution in [2.24, 2.45) is 0 Å². The van der Waals surface area contributed by atoms with Crippen LogP contribution in [0.3, 0.4) is 0 Å². The van der Waals surface area contributed by atoms with E-state index in [2.05, 4.69) is 35.2 Å². The zero-order valence-corrected chi connectivity index (χ0v) is 10.1. The molecular weight excluding hydrogens is 202 g/mol. The Bertz CT molecular complexity index is 338. The van der Waals surface area contributed by atoms with Crippen molar-refractivity contribution in [2.45, 2.75) is 26.4 Å². The number of nitrogens with zero attached hydrogens (tertiary/aromatic N) is 3. The summed E-state index contributed by atoms with van der Waals surface area (Å²) in [5, 5.41) is 3.34. The first-order valence-electron chi connectivity index (χ1n) is 5.93. The third kappa shape index (κ3) is 2.54. The molecule has 0 bridgehead atoms. The van der Waals surface area contributed by atoms with Crippen LogP contribution >= 0.6 is 0 Å². The molecule has 0 aliphatic carbocycles. The van der Waals surface area contributed by atoms with Crippen molar-refractivity contribution in [3.8, 4) is 0 Å². The first-order valence-corrected chi connectivity index (χ1v) is 5.93. The van der Waals surface area contributed by atoms with Gasteiger partial charge >= 0.3 is 0 Å². The summed E-state index contributed by atoms with van der Waals surface area (Å²) >= 11 is 0. The van der Waals surface area contributed by atoms with Gasteiger partial charge in [-0.15, -0.1) is 0 Å². The number of hydrogen-bond acceptors (Lipinski definition) is 4. The summed E-state index contributed by atoms with van der Waals surface area (Å²) < 4.78 is 2.03. The Morgan fingerprint density at radius 3 is 2.69 bits per heavy atom. The van der Waals surface area contributed by atoms with Crippen molar-refractivity contribution in [1.29, 1.82) is 0 Å². The van der Waals surface area contributed by atoms with Crippen molar-refractivity contribution in [2.75, 3.05) is 31.9 Å². The summed E-state index contributed by atoms with van der Waals surface area (Å²) in [7, 11) is 0. The minimum absolute atomic E-state index is 0.379. The highest BCUT2D eigenvalue weighted by Gasteiger charge is 2.13. The maximum Gasteiger partial charge on any atom is 0.200 e. The second-order valence-corrected chi connectivity index (χ2v) is 4.62. The number of imidazole rings is 1. The van der Waals surface area contributed by atoms with Gasteiger partial charge in [-0.05, 0) is 13.8 Å². The van der Waals surface area contributed by atoms with Gasteiger partial charge in [0.1, 0.15) is 0 Å². The lowest BCUT2D eigenvalue weighted by atomic mass is 10.3. The van der Waals surface area contributed by atoms with Gasteiger partial charge in [0, 0.05) is 45.0 Å². The molecular formula is C11H21N5. The molecule has 1 fully saturated rings. The van der Waals surface area contributed by atoms with Crippen LogP contribution in [0.2, 0.25) is 0 Å². The monoisotopic (exact) mass is 223 g/mol. The smallest absolute Gasteiger partial charge is 0.200 e. The largest absolute Gasteiger partial charge is 0.369 e. The molecule has 16 heavy (non-hydrogen) atoms. The molecule has 1 aliphatic heterocycles. The maximum absolute atomic E-state index is 5.87. The average Bonchev–Trinajstić information content (AvgIpc) is 2.61. The van der Waals surface area contributed by atoms with Crippen molar-refractivity contribution >= 4 is 5.95 Å². The zero-order valence-electron chi connectivity index (χ0n) is 10.1. The summed E-state index contributed by atoms with van der Waals surface area (Å²) in [4.78, 5) is 6.81. The fourth-order valence-corrected chi connectivity index (χ4v) is 2.05. The predicted molar refractivity (Wildman–Crippen MR) is 65.2 cm³/mol. The molecule has 0 saturated carbocycles. The van der Waals surface area contributed by atoms with E-state index in [1.54, 1.807) is 0 Å². The molecule has 1 aliphatic rings. The Labute approximate surface area is 96.6 Å². The molecule has 5 nitrogen and oxygen atoms in total. The van der Waals surface area contributed by atoms with Crippen LogP contribution < -0.4 is 11.1 Å². The molecule has 0 radical (unpaired) electrons. The summed E-state index contributed by atoms with van der Waals surface area (Å²) in [5.41, 5.74) is 6.95. The van der Waals surface area contributed by atoms with Crippen molar-refractivity contribution < 1.29 is 0 Å². The van der Waals surface area contributed by atoms with Crippen molar-refractivity contribution in [3.05, 3.63) is 11.9 Å². The molecule has 0 aromatic carbocycles. The highest BCUT2D eigenvalue weighted by molar-refractivity contribution is 5.22. The Balaban J connectivity index is 2.01. The van der Waals surface area contributed by atoms with Crippen LogP contribution in [-0.2, 0) is 6.54 Å². The Morgan fingerprint density at radius 1 is 1.44 bits per heavy atom. The van der Waals surface area contributed by atoms with Crippen LogP contribution in [0.15, 0.2) is 6.20 Å². The van der Waals surface area contributed by atoms with E-state index in [0.717, 1.165) is 38.4 Å². The summed E-state index contributed by atoms with van der Waals surface area (Å²) in [6, 6.07) is 0.379. The molecule has 1 saturated heterocycles. The molecule has 1 aromatic heterocycles. The normalized spacial score (nSPS) is 18.2. The van der Waals surface area contributed by atoms with E-state index in [9.17, 15) is 0 Å². The lowest BCUT2D eigenvalue weighted by molar-refractivity contribution is 0.231. The number of nitrogens with one attached hydrogen (secondary N) is 1. The fourth-order valence-electron chi connectivity index (χ4n) is 2.05. The maximum atomic E-state index is 5.87. The second-order valence-electron chi connectivity index (χ2n) is 4.62. The second kappa shape index (κ2) is 4.84. The van der Waals surface area contributed by atoms with Gasteiger partial charge in [-0.25, -0.2) is 4.98 Å². The minimum atomic E-state index is 0.379. The Morgan fingerprint density at radius 2 is 2.12 bits per heavy atom. The van der Waals surface area contributed by atoms with Gasteiger partial charge in [0.05, 0.1) is 5.69 Å². The van der Waals surface area contributed by atoms with Gasteiger partial charge in [0.25, 0.3) is 0 Å². The van der Waals surface area contributed by atoms with E-state index < -0.39 is 0 Å². The first-order chi connectivity index (χ1) is 7.66. The van der Waals surface area contributed by atoms with E-state index in [1.807, 2.05) is 4.57 Å². The first kappa shape index (κ1) is 11.4. The van der Waals surface area contributed by atoms with Gasteiger partial charge in [-0.3, -0.25) is 4.90 Å². The zero-order chi connectivity index (χ0) is 11.5. The molecule has 5 heteroatoms. The van der Waals surface area contributed by atoms with Crippen LogP contribution in [0.25, 0.3) is 0 Å². The number of rotatable bonds is 3. The SMILES string of the molecule is CC(C)n1cc(CN2CCNCC2)nc1N. The van der Waals surface area contributed by atoms with Crippen LogP contribution in [-0.4, -0.2) is 40.6 Å². The summed E-state index contributed by atoms with van der Waals surface area (Å²) in [6.45, 7) is 9.47. The van der Waals surface area contributed by atoms with Gasteiger partial charge in [-0.1, -0.05) is 0 Å². The van der Waals surface area contributed by atoms with Crippen LogP contribution in [0.5, 0.6) is 0 Å². The molecule has 0 unspecified atom stereocenters. The third-order valence-corrected chi connectivity index (χ3v) is 2.96. The van der Waals surface area contributed by atoms with Gasteiger partial charge in [-0.2, -0.15) is 0 Å². The number of nitrogens with two attached hydrogens (primary N) is 1. The van der Waals surface area contributed by atoms with Crippen LogP contribution in [0.4, 0.5) is 5.95 Å².